The number of benzene rings is 1. The van der Waals surface area contributed by atoms with Gasteiger partial charge in [0.15, 0.2) is 0 Å². The molecule has 1 rings (SSSR count). The van der Waals surface area contributed by atoms with Crippen LogP contribution in [0.15, 0.2) is 18.2 Å². The predicted molar refractivity (Wildman–Crippen MR) is 37.4 cm³/mol. The molecule has 0 unspecified atom stereocenters. The average Bonchev–Trinajstić information content (AvgIpc) is 1.94. The van der Waals surface area contributed by atoms with Gasteiger partial charge >= 0.3 is 80.2 Å². The van der Waals surface area contributed by atoms with Gasteiger partial charge in [0.1, 0.15) is 0 Å². The fourth-order valence-corrected chi connectivity index (χ4v) is 2.31. The third kappa shape index (κ3) is 1.71. The average molecular weight is 337 g/mol. The third-order valence-electron chi connectivity index (χ3n) is 1.44. The molecule has 4 heteroatoms. The summed E-state index contributed by atoms with van der Waals surface area (Å²) in [7, 11) is 0. The van der Waals surface area contributed by atoms with Gasteiger partial charge in [-0.05, 0) is 0 Å². The van der Waals surface area contributed by atoms with Crippen molar-refractivity contribution in [3.63, 3.8) is 0 Å². The summed E-state index contributed by atoms with van der Waals surface area (Å²) in [5, 5.41) is 8.67. The number of hydrogen-bond donors (Lipinski definition) is 2. The number of aromatic carboxylic acids is 1. The van der Waals surface area contributed by atoms with E-state index >= 15 is 0 Å². The van der Waals surface area contributed by atoms with Crippen LogP contribution in [0.2, 0.25) is 0 Å². The SMILES string of the molecule is Nc1cccc(C(=O)O)[c]1[Hg]. The summed E-state index contributed by atoms with van der Waals surface area (Å²) in [6.45, 7) is 0. The summed E-state index contributed by atoms with van der Waals surface area (Å²) >= 11 is 0.260. The summed E-state index contributed by atoms with van der Waals surface area (Å²) in [4.78, 5) is 10.5. The molecule has 0 saturated heterocycles. The van der Waals surface area contributed by atoms with Crippen LogP contribution in [-0.4, -0.2) is 11.1 Å². The van der Waals surface area contributed by atoms with E-state index in [9.17, 15) is 4.79 Å². The van der Waals surface area contributed by atoms with Gasteiger partial charge in [-0.15, -0.1) is 0 Å². The zero-order chi connectivity index (χ0) is 8.43. The summed E-state index contributed by atoms with van der Waals surface area (Å²) in [5.74, 6) is -0.887. The van der Waals surface area contributed by atoms with Crippen molar-refractivity contribution in [1.29, 1.82) is 0 Å². The Kier molecular flexibility index (Phi) is 2.49. The Hall–Kier alpha value is -0.575. The molecule has 53 valence electrons. The summed E-state index contributed by atoms with van der Waals surface area (Å²) in [6.07, 6.45) is 0. The van der Waals surface area contributed by atoms with Crippen LogP contribution in [0.1, 0.15) is 10.4 Å². The van der Waals surface area contributed by atoms with Crippen molar-refractivity contribution >= 4 is 14.7 Å². The standard InChI is InChI=1S/C7H6NO2.Hg/c8-6-3-1-2-5(4-6)7(9)10;/h1-3H,8H2,(H,9,10);. The second-order valence-electron chi connectivity index (χ2n) is 2.18. The number of carboxylic acid groups (broad SMARTS) is 1. The van der Waals surface area contributed by atoms with Crippen LogP contribution >= 0.6 is 0 Å². The van der Waals surface area contributed by atoms with Crippen molar-refractivity contribution in [2.24, 2.45) is 0 Å². The molecule has 0 aliphatic rings. The first-order valence-corrected chi connectivity index (χ1v) is 5.81. The van der Waals surface area contributed by atoms with E-state index in [1.165, 1.54) is 0 Å². The zero-order valence-electron chi connectivity index (χ0n) is 5.87. The molecule has 0 fully saturated rings. The molecule has 0 saturated carbocycles. The summed E-state index contributed by atoms with van der Waals surface area (Å²) < 4.78 is 0.819. The van der Waals surface area contributed by atoms with Gasteiger partial charge in [-0.2, -0.15) is 0 Å². The van der Waals surface area contributed by atoms with Crippen LogP contribution in [0.4, 0.5) is 5.69 Å². The molecule has 0 amide bonds. The van der Waals surface area contributed by atoms with Gasteiger partial charge in [-0.1, -0.05) is 0 Å². The molecule has 3 nitrogen and oxygen atoms in total. The molecule has 11 heavy (non-hydrogen) atoms. The first-order valence-electron chi connectivity index (χ1n) is 3.06. The molecular weight excluding hydrogens is 331 g/mol. The second-order valence-corrected chi connectivity index (χ2v) is 4.93. The molecule has 0 atom stereocenters. The Morgan fingerprint density at radius 1 is 1.55 bits per heavy atom. The van der Waals surface area contributed by atoms with E-state index in [4.69, 9.17) is 10.8 Å². The third-order valence-corrected chi connectivity index (χ3v) is 4.51. The molecule has 0 bridgehead atoms. The predicted octanol–water partition coefficient (Wildman–Crippen LogP) is 0.139. The molecule has 1 aromatic carbocycles. The van der Waals surface area contributed by atoms with E-state index in [0.29, 0.717) is 11.3 Å². The Morgan fingerprint density at radius 3 is 2.64 bits per heavy atom. The van der Waals surface area contributed by atoms with Gasteiger partial charge in [-0.3, -0.25) is 0 Å². The van der Waals surface area contributed by atoms with E-state index in [-0.39, 0.29) is 26.1 Å². The van der Waals surface area contributed by atoms with Crippen molar-refractivity contribution in [3.05, 3.63) is 23.8 Å². The first-order chi connectivity index (χ1) is 5.13. The molecule has 0 aromatic heterocycles. The second kappa shape index (κ2) is 3.22. The van der Waals surface area contributed by atoms with E-state index in [1.807, 2.05) is 0 Å². The van der Waals surface area contributed by atoms with E-state index in [2.05, 4.69) is 0 Å². The molecule has 0 radical (unpaired) electrons. The Labute approximate surface area is 80.2 Å². The summed E-state index contributed by atoms with van der Waals surface area (Å²) in [5.41, 5.74) is 6.50. The normalized spacial score (nSPS) is 9.64. The van der Waals surface area contributed by atoms with Crippen LogP contribution in [0.25, 0.3) is 0 Å². The van der Waals surface area contributed by atoms with E-state index in [0.717, 1.165) is 3.07 Å². The van der Waals surface area contributed by atoms with Crippen molar-refractivity contribution in [2.45, 2.75) is 0 Å². The Bertz CT molecular complexity index is 298. The Morgan fingerprint density at radius 2 is 2.18 bits per heavy atom. The maximum atomic E-state index is 10.5. The first kappa shape index (κ1) is 8.52. The minimum absolute atomic E-state index is 0.260. The summed E-state index contributed by atoms with van der Waals surface area (Å²) in [6, 6.07) is 4.98. The van der Waals surface area contributed by atoms with Crippen LogP contribution in [-0.2, 0) is 26.1 Å². The van der Waals surface area contributed by atoms with Gasteiger partial charge in [0.25, 0.3) is 0 Å². The number of hydrogen-bond acceptors (Lipinski definition) is 2. The Balaban J connectivity index is 3.27. The fourth-order valence-electron chi connectivity index (χ4n) is 0.805. The number of carboxylic acids is 1. The van der Waals surface area contributed by atoms with Crippen LogP contribution < -0.4 is 8.81 Å². The molecule has 0 spiro atoms. The van der Waals surface area contributed by atoms with Gasteiger partial charge in [0.2, 0.25) is 0 Å². The minimum atomic E-state index is -0.887. The van der Waals surface area contributed by atoms with E-state index < -0.39 is 5.97 Å². The van der Waals surface area contributed by atoms with Gasteiger partial charge in [-0.25, -0.2) is 0 Å². The van der Waals surface area contributed by atoms with E-state index in [1.54, 1.807) is 18.2 Å². The molecule has 1 aromatic rings. The zero-order valence-corrected chi connectivity index (χ0v) is 11.4. The van der Waals surface area contributed by atoms with Crippen LogP contribution in [0.3, 0.4) is 0 Å². The molecule has 0 aliphatic carbocycles. The number of anilines is 1. The number of nitrogens with two attached hydrogens (primary N) is 1. The quantitative estimate of drug-likeness (QED) is 0.566. The number of carbonyl (C=O) groups is 1. The van der Waals surface area contributed by atoms with Crippen LogP contribution in [0, 0.1) is 0 Å². The van der Waals surface area contributed by atoms with Gasteiger partial charge < -0.3 is 0 Å². The molecule has 0 heterocycles. The van der Waals surface area contributed by atoms with Crippen molar-refractivity contribution < 1.29 is 36.0 Å². The fraction of sp³-hybridized carbons (Fsp3) is 0. The van der Waals surface area contributed by atoms with Crippen molar-refractivity contribution in [2.75, 3.05) is 5.73 Å². The maximum absolute atomic E-state index is 10.5. The molecular formula is C7H6HgNO2. The van der Waals surface area contributed by atoms with Crippen LogP contribution in [0.5, 0.6) is 0 Å². The van der Waals surface area contributed by atoms with Gasteiger partial charge in [0.05, 0.1) is 0 Å². The van der Waals surface area contributed by atoms with Gasteiger partial charge in [0, 0.05) is 0 Å². The van der Waals surface area contributed by atoms with Crippen molar-refractivity contribution in [1.82, 2.24) is 0 Å². The number of nitrogen functional groups attached to an aromatic ring is 1. The molecule has 3 N–H and O–H groups in total. The topological polar surface area (TPSA) is 63.3 Å². The molecule has 0 aliphatic heterocycles. The van der Waals surface area contributed by atoms with Crippen molar-refractivity contribution in [3.8, 4) is 0 Å². The monoisotopic (exact) mass is 338 g/mol. The number of rotatable bonds is 1.